The number of benzene rings is 1. The zero-order valence-corrected chi connectivity index (χ0v) is 7.43. The Morgan fingerprint density at radius 2 is 2.08 bits per heavy atom. The maximum atomic E-state index is 10.2. The predicted molar refractivity (Wildman–Crippen MR) is 52.0 cm³/mol. The SMILES string of the molecule is C/C(=C\c1ccccc1)C[N+](=O)[O-]. The van der Waals surface area contributed by atoms with Crippen molar-refractivity contribution in [2.24, 2.45) is 0 Å². The lowest BCUT2D eigenvalue weighted by molar-refractivity contribution is -0.470. The van der Waals surface area contributed by atoms with Gasteiger partial charge in [-0.2, -0.15) is 0 Å². The van der Waals surface area contributed by atoms with Gasteiger partial charge in [0.15, 0.2) is 0 Å². The molecule has 3 nitrogen and oxygen atoms in total. The molecule has 13 heavy (non-hydrogen) atoms. The van der Waals surface area contributed by atoms with E-state index in [-0.39, 0.29) is 11.5 Å². The largest absolute Gasteiger partial charge is 0.264 e. The highest BCUT2D eigenvalue weighted by Crippen LogP contribution is 2.05. The lowest BCUT2D eigenvalue weighted by Crippen LogP contribution is -2.01. The van der Waals surface area contributed by atoms with Crippen LogP contribution < -0.4 is 0 Å². The molecule has 1 aromatic rings. The minimum Gasteiger partial charge on any atom is -0.264 e. The van der Waals surface area contributed by atoms with Gasteiger partial charge in [-0.15, -0.1) is 0 Å². The van der Waals surface area contributed by atoms with Gasteiger partial charge in [0.1, 0.15) is 0 Å². The van der Waals surface area contributed by atoms with Gasteiger partial charge in [-0.05, 0) is 24.1 Å². The average Bonchev–Trinajstić information content (AvgIpc) is 2.04. The van der Waals surface area contributed by atoms with Crippen LogP contribution in [0.1, 0.15) is 12.5 Å². The second-order valence-electron chi connectivity index (χ2n) is 2.89. The van der Waals surface area contributed by atoms with E-state index in [1.165, 1.54) is 0 Å². The number of hydrogen-bond donors (Lipinski definition) is 0. The van der Waals surface area contributed by atoms with Crippen LogP contribution in [0.15, 0.2) is 35.9 Å². The Bertz CT molecular complexity index is 317. The van der Waals surface area contributed by atoms with Crippen LogP contribution in [0.5, 0.6) is 0 Å². The molecule has 0 aliphatic rings. The molecule has 0 N–H and O–H groups in total. The molecule has 0 saturated carbocycles. The molecule has 0 heterocycles. The van der Waals surface area contributed by atoms with Crippen molar-refractivity contribution in [1.82, 2.24) is 0 Å². The van der Waals surface area contributed by atoms with E-state index in [1.807, 2.05) is 36.4 Å². The van der Waals surface area contributed by atoms with E-state index in [4.69, 9.17) is 0 Å². The lowest BCUT2D eigenvalue weighted by Gasteiger charge is -1.95. The minimum absolute atomic E-state index is 0.0884. The Morgan fingerprint density at radius 3 is 2.62 bits per heavy atom. The quantitative estimate of drug-likeness (QED) is 0.525. The molecule has 0 bridgehead atoms. The summed E-state index contributed by atoms with van der Waals surface area (Å²) in [6.07, 6.45) is 1.82. The van der Waals surface area contributed by atoms with Gasteiger partial charge in [0.05, 0.1) is 0 Å². The normalized spacial score (nSPS) is 11.3. The number of nitrogens with zero attached hydrogens (tertiary/aromatic N) is 1. The minimum atomic E-state index is -0.325. The van der Waals surface area contributed by atoms with Crippen molar-refractivity contribution in [3.63, 3.8) is 0 Å². The van der Waals surface area contributed by atoms with Gasteiger partial charge in [-0.3, -0.25) is 10.1 Å². The first-order chi connectivity index (χ1) is 6.18. The molecule has 0 unspecified atom stereocenters. The van der Waals surface area contributed by atoms with Crippen molar-refractivity contribution in [2.45, 2.75) is 6.92 Å². The fraction of sp³-hybridized carbons (Fsp3) is 0.200. The van der Waals surface area contributed by atoms with Gasteiger partial charge in [-0.25, -0.2) is 0 Å². The molecule has 0 atom stereocenters. The maximum absolute atomic E-state index is 10.2. The third kappa shape index (κ3) is 3.51. The van der Waals surface area contributed by atoms with Crippen LogP contribution in [0.3, 0.4) is 0 Å². The maximum Gasteiger partial charge on any atom is 0.225 e. The van der Waals surface area contributed by atoms with Gasteiger partial charge < -0.3 is 0 Å². The summed E-state index contributed by atoms with van der Waals surface area (Å²) < 4.78 is 0. The Morgan fingerprint density at radius 1 is 1.46 bits per heavy atom. The van der Waals surface area contributed by atoms with E-state index in [1.54, 1.807) is 6.92 Å². The molecular weight excluding hydrogens is 166 g/mol. The topological polar surface area (TPSA) is 43.1 Å². The molecule has 1 aromatic carbocycles. The summed E-state index contributed by atoms with van der Waals surface area (Å²) >= 11 is 0. The number of hydrogen-bond acceptors (Lipinski definition) is 2. The van der Waals surface area contributed by atoms with Crippen LogP contribution in [0.4, 0.5) is 0 Å². The first kappa shape index (κ1) is 9.45. The Kier molecular flexibility index (Phi) is 3.20. The monoisotopic (exact) mass is 177 g/mol. The van der Waals surface area contributed by atoms with E-state index in [2.05, 4.69) is 0 Å². The van der Waals surface area contributed by atoms with Crippen molar-refractivity contribution < 1.29 is 4.92 Å². The fourth-order valence-corrected chi connectivity index (χ4v) is 1.08. The fourth-order valence-electron chi connectivity index (χ4n) is 1.08. The van der Waals surface area contributed by atoms with Crippen molar-refractivity contribution in [3.8, 4) is 0 Å². The molecule has 0 aliphatic heterocycles. The Labute approximate surface area is 76.9 Å². The number of rotatable bonds is 3. The molecule has 3 heteroatoms. The van der Waals surface area contributed by atoms with E-state index in [9.17, 15) is 10.1 Å². The van der Waals surface area contributed by atoms with Crippen LogP contribution in [0.2, 0.25) is 0 Å². The van der Waals surface area contributed by atoms with Crippen molar-refractivity contribution in [2.75, 3.05) is 6.54 Å². The van der Waals surface area contributed by atoms with Crippen LogP contribution in [0.25, 0.3) is 6.08 Å². The lowest BCUT2D eigenvalue weighted by atomic mass is 10.1. The first-order valence-corrected chi connectivity index (χ1v) is 4.02. The van der Waals surface area contributed by atoms with E-state index in [0.717, 1.165) is 11.1 Å². The standard InChI is InChI=1S/C10H11NO2/c1-9(8-11(12)13)7-10-5-3-2-4-6-10/h2-7H,8H2,1H3/b9-7+. The predicted octanol–water partition coefficient (Wildman–Crippen LogP) is 2.37. The second kappa shape index (κ2) is 4.40. The zero-order valence-electron chi connectivity index (χ0n) is 7.43. The van der Waals surface area contributed by atoms with Gasteiger partial charge >= 0.3 is 0 Å². The van der Waals surface area contributed by atoms with E-state index >= 15 is 0 Å². The molecule has 68 valence electrons. The third-order valence-electron chi connectivity index (χ3n) is 1.59. The summed E-state index contributed by atoms with van der Waals surface area (Å²) in [6, 6.07) is 9.57. The van der Waals surface area contributed by atoms with Crippen LogP contribution >= 0.6 is 0 Å². The van der Waals surface area contributed by atoms with Crippen LogP contribution in [-0.2, 0) is 0 Å². The molecular formula is C10H11NO2. The summed E-state index contributed by atoms with van der Waals surface area (Å²) in [6.45, 7) is 1.67. The summed E-state index contributed by atoms with van der Waals surface area (Å²) in [5, 5.41) is 10.2. The first-order valence-electron chi connectivity index (χ1n) is 4.02. The summed E-state index contributed by atoms with van der Waals surface area (Å²) in [5.74, 6) is 0. The zero-order chi connectivity index (χ0) is 9.68. The molecule has 0 aromatic heterocycles. The highest BCUT2D eigenvalue weighted by Gasteiger charge is 1.98. The molecule has 0 amide bonds. The summed E-state index contributed by atoms with van der Waals surface area (Å²) in [5.41, 5.74) is 1.76. The van der Waals surface area contributed by atoms with E-state index < -0.39 is 0 Å². The Hall–Kier alpha value is -1.64. The highest BCUT2D eigenvalue weighted by atomic mass is 16.6. The second-order valence-corrected chi connectivity index (χ2v) is 2.89. The van der Waals surface area contributed by atoms with Gasteiger partial charge in [0.25, 0.3) is 0 Å². The van der Waals surface area contributed by atoms with Crippen molar-refractivity contribution >= 4 is 6.08 Å². The molecule has 0 aliphatic carbocycles. The van der Waals surface area contributed by atoms with Crippen molar-refractivity contribution in [1.29, 1.82) is 0 Å². The average molecular weight is 177 g/mol. The highest BCUT2D eigenvalue weighted by molar-refractivity contribution is 5.52. The Balaban J connectivity index is 2.71. The smallest absolute Gasteiger partial charge is 0.225 e. The van der Waals surface area contributed by atoms with Gasteiger partial charge in [0.2, 0.25) is 6.54 Å². The van der Waals surface area contributed by atoms with Gasteiger partial charge in [-0.1, -0.05) is 30.3 Å². The van der Waals surface area contributed by atoms with Crippen LogP contribution in [0, 0.1) is 10.1 Å². The third-order valence-corrected chi connectivity index (χ3v) is 1.59. The molecule has 1 rings (SSSR count). The summed E-state index contributed by atoms with van der Waals surface area (Å²) in [7, 11) is 0. The van der Waals surface area contributed by atoms with Gasteiger partial charge in [0, 0.05) is 4.92 Å². The molecule has 0 fully saturated rings. The summed E-state index contributed by atoms with van der Waals surface area (Å²) in [4.78, 5) is 9.84. The van der Waals surface area contributed by atoms with Crippen LogP contribution in [-0.4, -0.2) is 11.5 Å². The van der Waals surface area contributed by atoms with Crippen molar-refractivity contribution in [3.05, 3.63) is 51.6 Å². The number of nitro groups is 1. The molecule has 0 saturated heterocycles. The molecule has 0 spiro atoms. The van der Waals surface area contributed by atoms with E-state index in [0.29, 0.717) is 0 Å². The molecule has 0 radical (unpaired) electrons.